The van der Waals surface area contributed by atoms with Gasteiger partial charge in [0.25, 0.3) is 0 Å². The van der Waals surface area contributed by atoms with Crippen molar-refractivity contribution in [3.63, 3.8) is 0 Å². The molecule has 0 atom stereocenters. The fraction of sp³-hybridized carbons (Fsp3) is 0.455. The van der Waals surface area contributed by atoms with Crippen molar-refractivity contribution in [3.8, 4) is 5.75 Å². The number of aryl methyl sites for hydroxylation is 1. The first-order valence-electron chi connectivity index (χ1n) is 4.82. The molecule has 1 rings (SSSR count). The molecule has 0 heterocycles. The van der Waals surface area contributed by atoms with E-state index in [1.54, 1.807) is 7.11 Å². The second-order valence-corrected chi connectivity index (χ2v) is 3.27. The van der Waals surface area contributed by atoms with E-state index in [0.29, 0.717) is 6.54 Å². The normalized spacial score (nSPS) is 10.2. The maximum atomic E-state index is 5.39. The van der Waals surface area contributed by atoms with Crippen molar-refractivity contribution in [1.29, 1.82) is 0 Å². The van der Waals surface area contributed by atoms with Gasteiger partial charge in [0.1, 0.15) is 5.75 Å². The Kier molecular flexibility index (Phi) is 4.43. The van der Waals surface area contributed by atoms with Gasteiger partial charge in [0.15, 0.2) is 0 Å². The molecule has 0 radical (unpaired) electrons. The Balaban J connectivity index is 2.57. The molecule has 0 amide bonds. The van der Waals surface area contributed by atoms with Crippen molar-refractivity contribution in [2.45, 2.75) is 13.5 Å². The quantitative estimate of drug-likeness (QED) is 0.689. The molecule has 0 bridgehead atoms. The Morgan fingerprint density at radius 1 is 1.43 bits per heavy atom. The molecule has 0 spiro atoms. The molecule has 1 aromatic rings. The van der Waals surface area contributed by atoms with E-state index in [1.807, 2.05) is 13.0 Å². The van der Waals surface area contributed by atoms with Crippen LogP contribution in [0, 0.1) is 6.92 Å². The summed E-state index contributed by atoms with van der Waals surface area (Å²) in [5.74, 6) is 0.938. The zero-order chi connectivity index (χ0) is 10.4. The number of nitrogens with one attached hydrogen (secondary N) is 1. The predicted molar refractivity (Wildman–Crippen MR) is 58.5 cm³/mol. The molecule has 78 valence electrons. The van der Waals surface area contributed by atoms with Crippen LogP contribution in [0.1, 0.15) is 11.1 Å². The second kappa shape index (κ2) is 5.62. The van der Waals surface area contributed by atoms with E-state index in [-0.39, 0.29) is 0 Å². The molecule has 0 aliphatic carbocycles. The SMILES string of the molecule is COc1ccc(CNCCN)cc1C. The highest BCUT2D eigenvalue weighted by Crippen LogP contribution is 2.18. The van der Waals surface area contributed by atoms with Crippen LogP contribution in [0.4, 0.5) is 0 Å². The highest BCUT2D eigenvalue weighted by Gasteiger charge is 1.98. The smallest absolute Gasteiger partial charge is 0.121 e. The van der Waals surface area contributed by atoms with Crippen molar-refractivity contribution in [1.82, 2.24) is 5.32 Å². The average molecular weight is 194 g/mol. The lowest BCUT2D eigenvalue weighted by Crippen LogP contribution is -2.21. The molecule has 1 aromatic carbocycles. The Morgan fingerprint density at radius 2 is 2.21 bits per heavy atom. The molecule has 0 fully saturated rings. The molecule has 0 saturated carbocycles. The van der Waals surface area contributed by atoms with Gasteiger partial charge in [0.05, 0.1) is 7.11 Å². The van der Waals surface area contributed by atoms with Crippen LogP contribution in [-0.2, 0) is 6.54 Å². The lowest BCUT2D eigenvalue weighted by molar-refractivity contribution is 0.411. The van der Waals surface area contributed by atoms with E-state index in [4.69, 9.17) is 10.5 Å². The monoisotopic (exact) mass is 194 g/mol. The van der Waals surface area contributed by atoms with E-state index in [2.05, 4.69) is 17.4 Å². The minimum atomic E-state index is 0.676. The molecule has 0 aromatic heterocycles. The number of hydrogen-bond donors (Lipinski definition) is 2. The minimum Gasteiger partial charge on any atom is -0.496 e. The minimum absolute atomic E-state index is 0.676. The number of hydrogen-bond acceptors (Lipinski definition) is 3. The molecule has 0 aliphatic heterocycles. The van der Waals surface area contributed by atoms with Gasteiger partial charge in [-0.05, 0) is 24.1 Å². The van der Waals surface area contributed by atoms with Gasteiger partial charge >= 0.3 is 0 Å². The summed E-state index contributed by atoms with van der Waals surface area (Å²) in [5.41, 5.74) is 7.81. The third-order valence-electron chi connectivity index (χ3n) is 2.11. The van der Waals surface area contributed by atoms with Crippen LogP contribution in [-0.4, -0.2) is 20.2 Å². The summed E-state index contributed by atoms with van der Waals surface area (Å²) >= 11 is 0. The zero-order valence-corrected chi connectivity index (χ0v) is 8.84. The fourth-order valence-corrected chi connectivity index (χ4v) is 1.39. The largest absolute Gasteiger partial charge is 0.496 e. The molecule has 3 heteroatoms. The van der Waals surface area contributed by atoms with Crippen LogP contribution in [0.25, 0.3) is 0 Å². The summed E-state index contributed by atoms with van der Waals surface area (Å²) in [5, 5.41) is 3.25. The van der Waals surface area contributed by atoms with E-state index in [1.165, 1.54) is 11.1 Å². The van der Waals surface area contributed by atoms with Gasteiger partial charge < -0.3 is 15.8 Å². The predicted octanol–water partition coefficient (Wildman–Crippen LogP) is 1.05. The Labute approximate surface area is 85.3 Å². The molecular weight excluding hydrogens is 176 g/mol. The summed E-state index contributed by atoms with van der Waals surface area (Å²) in [7, 11) is 1.69. The average Bonchev–Trinajstić information content (AvgIpc) is 2.18. The Morgan fingerprint density at radius 3 is 2.79 bits per heavy atom. The molecule has 3 nitrogen and oxygen atoms in total. The summed E-state index contributed by atoms with van der Waals surface area (Å²) in [6.07, 6.45) is 0. The highest BCUT2D eigenvalue weighted by atomic mass is 16.5. The van der Waals surface area contributed by atoms with E-state index >= 15 is 0 Å². The maximum absolute atomic E-state index is 5.39. The van der Waals surface area contributed by atoms with Crippen LogP contribution in [0.3, 0.4) is 0 Å². The topological polar surface area (TPSA) is 47.3 Å². The molecule has 3 N–H and O–H groups in total. The standard InChI is InChI=1S/C11H18N2O/c1-9-7-10(8-13-6-5-12)3-4-11(9)14-2/h3-4,7,13H,5-6,8,12H2,1-2H3. The molecule has 0 aliphatic rings. The van der Waals surface area contributed by atoms with Crippen molar-refractivity contribution in [3.05, 3.63) is 29.3 Å². The Bertz CT molecular complexity index is 287. The van der Waals surface area contributed by atoms with Gasteiger partial charge in [0, 0.05) is 19.6 Å². The van der Waals surface area contributed by atoms with Crippen molar-refractivity contribution in [2.24, 2.45) is 5.73 Å². The number of rotatable bonds is 5. The van der Waals surface area contributed by atoms with Crippen molar-refractivity contribution in [2.75, 3.05) is 20.2 Å². The maximum Gasteiger partial charge on any atom is 0.121 e. The first-order chi connectivity index (χ1) is 6.77. The number of nitrogens with two attached hydrogens (primary N) is 1. The van der Waals surface area contributed by atoms with Crippen LogP contribution < -0.4 is 15.8 Å². The first kappa shape index (κ1) is 11.0. The van der Waals surface area contributed by atoms with Crippen LogP contribution in [0.5, 0.6) is 5.75 Å². The Hall–Kier alpha value is -1.06. The van der Waals surface area contributed by atoms with Gasteiger partial charge in [0.2, 0.25) is 0 Å². The lowest BCUT2D eigenvalue weighted by atomic mass is 10.1. The van der Waals surface area contributed by atoms with Gasteiger partial charge in [-0.2, -0.15) is 0 Å². The van der Waals surface area contributed by atoms with Crippen LogP contribution in [0.15, 0.2) is 18.2 Å². The molecule has 0 unspecified atom stereocenters. The number of benzene rings is 1. The number of ether oxygens (including phenoxy) is 1. The van der Waals surface area contributed by atoms with Crippen molar-refractivity contribution >= 4 is 0 Å². The first-order valence-corrected chi connectivity index (χ1v) is 4.82. The fourth-order valence-electron chi connectivity index (χ4n) is 1.39. The third kappa shape index (κ3) is 3.01. The van der Waals surface area contributed by atoms with Gasteiger partial charge in [-0.25, -0.2) is 0 Å². The summed E-state index contributed by atoms with van der Waals surface area (Å²) in [6, 6.07) is 6.19. The van der Waals surface area contributed by atoms with E-state index < -0.39 is 0 Å². The van der Waals surface area contributed by atoms with Crippen LogP contribution in [0.2, 0.25) is 0 Å². The second-order valence-electron chi connectivity index (χ2n) is 3.27. The molecule has 0 saturated heterocycles. The van der Waals surface area contributed by atoms with Gasteiger partial charge in [-0.3, -0.25) is 0 Å². The summed E-state index contributed by atoms with van der Waals surface area (Å²) in [6.45, 7) is 4.44. The lowest BCUT2D eigenvalue weighted by Gasteiger charge is -2.07. The van der Waals surface area contributed by atoms with Gasteiger partial charge in [-0.15, -0.1) is 0 Å². The zero-order valence-electron chi connectivity index (χ0n) is 8.84. The summed E-state index contributed by atoms with van der Waals surface area (Å²) < 4.78 is 5.19. The van der Waals surface area contributed by atoms with E-state index in [9.17, 15) is 0 Å². The van der Waals surface area contributed by atoms with Gasteiger partial charge in [-0.1, -0.05) is 12.1 Å². The van der Waals surface area contributed by atoms with E-state index in [0.717, 1.165) is 18.8 Å². The number of methoxy groups -OCH3 is 1. The van der Waals surface area contributed by atoms with Crippen LogP contribution >= 0.6 is 0 Å². The molecular formula is C11H18N2O. The molecule has 14 heavy (non-hydrogen) atoms. The summed E-state index contributed by atoms with van der Waals surface area (Å²) in [4.78, 5) is 0. The third-order valence-corrected chi connectivity index (χ3v) is 2.11. The van der Waals surface area contributed by atoms with Crippen molar-refractivity contribution < 1.29 is 4.74 Å². The highest BCUT2D eigenvalue weighted by molar-refractivity contribution is 5.36.